The standard InChI is InChI=1S/C21H17F2IN4O5/c1-3-33-21(32)13-8-25-28-18(13)27-19(29)11-7-12(20(30)31)17(16(23)15(11)22)26-14-5-4-10(24)6-9(14)2/h4-8,18,26H,3H2,1-2H3,(H,27,29)(H,30,31). The molecule has 1 heterocycles. The van der Waals surface area contributed by atoms with Gasteiger partial charge in [-0.05, 0) is 66.3 Å². The number of carboxylic acid groups (broad SMARTS) is 1. The second kappa shape index (κ2) is 10.0. The van der Waals surface area contributed by atoms with Gasteiger partial charge < -0.3 is 20.5 Å². The fourth-order valence-corrected chi connectivity index (χ4v) is 3.61. The van der Waals surface area contributed by atoms with E-state index in [1.54, 1.807) is 32.0 Å². The minimum atomic E-state index is -1.58. The molecule has 0 saturated heterocycles. The number of amides is 1. The molecule has 1 aliphatic heterocycles. The number of carboxylic acids is 1. The van der Waals surface area contributed by atoms with Crippen molar-refractivity contribution < 1.29 is 33.0 Å². The number of carbonyl (C=O) groups excluding carboxylic acids is 2. The summed E-state index contributed by atoms with van der Waals surface area (Å²) in [6, 6.07) is 5.77. The van der Waals surface area contributed by atoms with Crippen LogP contribution in [0.2, 0.25) is 0 Å². The summed E-state index contributed by atoms with van der Waals surface area (Å²) in [6.45, 7) is 3.35. The van der Waals surface area contributed by atoms with Crippen LogP contribution < -0.4 is 10.6 Å². The summed E-state index contributed by atoms with van der Waals surface area (Å²) in [5, 5.41) is 21.6. The molecule has 12 heteroatoms. The van der Waals surface area contributed by atoms with Gasteiger partial charge in [0.05, 0.1) is 29.6 Å². The number of azo groups is 1. The Labute approximate surface area is 200 Å². The number of hydrogen-bond donors (Lipinski definition) is 3. The van der Waals surface area contributed by atoms with E-state index in [2.05, 4.69) is 43.5 Å². The number of anilines is 2. The average Bonchev–Trinajstić information content (AvgIpc) is 3.21. The van der Waals surface area contributed by atoms with Crippen molar-refractivity contribution in [2.75, 3.05) is 11.9 Å². The summed E-state index contributed by atoms with van der Waals surface area (Å²) >= 11 is 2.08. The van der Waals surface area contributed by atoms with Crippen molar-refractivity contribution in [2.45, 2.75) is 20.0 Å². The summed E-state index contributed by atoms with van der Waals surface area (Å²) in [6.07, 6.45) is -0.224. The molecule has 3 rings (SSSR count). The highest BCUT2D eigenvalue weighted by Gasteiger charge is 2.31. The SMILES string of the molecule is CCOC(=O)C1=CN=NC1NC(=O)c1cc(C(=O)O)c(Nc2ccc(I)cc2C)c(F)c1F. The van der Waals surface area contributed by atoms with Crippen LogP contribution in [0, 0.1) is 22.1 Å². The zero-order valence-electron chi connectivity index (χ0n) is 17.3. The highest BCUT2D eigenvalue weighted by atomic mass is 127. The Kier molecular flexibility index (Phi) is 7.36. The highest BCUT2D eigenvalue weighted by Crippen LogP contribution is 2.31. The van der Waals surface area contributed by atoms with Crippen LogP contribution in [0.5, 0.6) is 0 Å². The third-order valence-electron chi connectivity index (χ3n) is 4.58. The lowest BCUT2D eigenvalue weighted by atomic mass is 10.0. The molecule has 1 amide bonds. The Hall–Kier alpha value is -3.42. The molecule has 0 aromatic heterocycles. The van der Waals surface area contributed by atoms with Crippen molar-refractivity contribution in [1.82, 2.24) is 5.32 Å². The smallest absolute Gasteiger partial charge is 0.339 e. The fraction of sp³-hybridized carbons (Fsp3) is 0.190. The number of ether oxygens (including phenoxy) is 1. The van der Waals surface area contributed by atoms with Crippen LogP contribution in [-0.2, 0) is 9.53 Å². The third-order valence-corrected chi connectivity index (χ3v) is 5.25. The summed E-state index contributed by atoms with van der Waals surface area (Å²) in [7, 11) is 0. The van der Waals surface area contributed by atoms with Crippen LogP contribution in [0.25, 0.3) is 0 Å². The molecule has 33 heavy (non-hydrogen) atoms. The van der Waals surface area contributed by atoms with E-state index >= 15 is 0 Å². The number of aromatic carboxylic acids is 1. The number of carbonyl (C=O) groups is 3. The van der Waals surface area contributed by atoms with Crippen LogP contribution >= 0.6 is 22.6 Å². The number of hydrogen-bond acceptors (Lipinski definition) is 7. The van der Waals surface area contributed by atoms with Gasteiger partial charge in [0, 0.05) is 9.26 Å². The quantitative estimate of drug-likeness (QED) is 0.337. The molecule has 0 spiro atoms. The molecule has 2 aromatic carbocycles. The zero-order chi connectivity index (χ0) is 24.3. The maximum absolute atomic E-state index is 14.9. The number of nitrogens with zero attached hydrogens (tertiary/aromatic N) is 2. The molecule has 0 saturated carbocycles. The number of rotatable bonds is 7. The van der Waals surface area contributed by atoms with Gasteiger partial charge in [0.1, 0.15) is 5.57 Å². The summed E-state index contributed by atoms with van der Waals surface area (Å²) in [4.78, 5) is 36.3. The molecule has 172 valence electrons. The summed E-state index contributed by atoms with van der Waals surface area (Å²) < 4.78 is 35.5. The second-order valence-electron chi connectivity index (χ2n) is 6.78. The molecule has 2 aromatic rings. The monoisotopic (exact) mass is 570 g/mol. The van der Waals surface area contributed by atoms with Gasteiger partial charge in [-0.25, -0.2) is 18.4 Å². The van der Waals surface area contributed by atoms with Crippen LogP contribution in [0.4, 0.5) is 20.2 Å². The molecule has 3 N–H and O–H groups in total. The van der Waals surface area contributed by atoms with E-state index in [9.17, 15) is 28.3 Å². The number of nitrogens with one attached hydrogen (secondary N) is 2. The van der Waals surface area contributed by atoms with Gasteiger partial charge in [0.15, 0.2) is 17.8 Å². The van der Waals surface area contributed by atoms with Gasteiger partial charge in [0.2, 0.25) is 0 Å². The molecular weight excluding hydrogens is 553 g/mol. The van der Waals surface area contributed by atoms with E-state index in [1.807, 2.05) is 0 Å². The van der Waals surface area contributed by atoms with E-state index in [0.29, 0.717) is 17.3 Å². The number of aryl methyl sites for hydroxylation is 1. The van der Waals surface area contributed by atoms with Crippen molar-refractivity contribution >= 4 is 51.8 Å². The first-order chi connectivity index (χ1) is 15.6. The van der Waals surface area contributed by atoms with Gasteiger partial charge in [-0.15, -0.1) is 0 Å². The van der Waals surface area contributed by atoms with Gasteiger partial charge in [-0.2, -0.15) is 10.2 Å². The molecule has 0 aliphatic carbocycles. The van der Waals surface area contributed by atoms with E-state index < -0.39 is 52.5 Å². The van der Waals surface area contributed by atoms with Crippen molar-refractivity contribution in [2.24, 2.45) is 10.2 Å². The van der Waals surface area contributed by atoms with E-state index in [4.69, 9.17) is 4.74 Å². The number of esters is 1. The van der Waals surface area contributed by atoms with Gasteiger partial charge in [-0.3, -0.25) is 4.79 Å². The minimum absolute atomic E-state index is 0.0627. The first kappa shape index (κ1) is 24.2. The molecule has 0 radical (unpaired) electrons. The Balaban J connectivity index is 1.95. The third kappa shape index (κ3) is 5.16. The first-order valence-electron chi connectivity index (χ1n) is 9.50. The van der Waals surface area contributed by atoms with Crippen molar-refractivity contribution in [3.05, 3.63) is 67.9 Å². The predicted octanol–water partition coefficient (Wildman–Crippen LogP) is 4.29. The molecule has 1 aliphatic rings. The molecule has 0 bridgehead atoms. The first-order valence-corrected chi connectivity index (χ1v) is 10.6. The van der Waals surface area contributed by atoms with Gasteiger partial charge in [0.25, 0.3) is 5.91 Å². The van der Waals surface area contributed by atoms with Gasteiger partial charge in [-0.1, -0.05) is 0 Å². The predicted molar refractivity (Wildman–Crippen MR) is 121 cm³/mol. The van der Waals surface area contributed by atoms with Gasteiger partial charge >= 0.3 is 11.9 Å². The molecule has 1 atom stereocenters. The maximum atomic E-state index is 14.9. The van der Waals surface area contributed by atoms with Crippen LogP contribution in [-0.4, -0.2) is 35.7 Å². The Bertz CT molecular complexity index is 1220. The summed E-state index contributed by atoms with van der Waals surface area (Å²) in [5.74, 6) is -6.68. The normalized spacial score (nSPS) is 14.6. The fourth-order valence-electron chi connectivity index (χ4n) is 2.97. The van der Waals surface area contributed by atoms with Crippen molar-refractivity contribution in [3.63, 3.8) is 0 Å². The largest absolute Gasteiger partial charge is 0.478 e. The van der Waals surface area contributed by atoms with Crippen molar-refractivity contribution in [1.29, 1.82) is 0 Å². The lowest BCUT2D eigenvalue weighted by Gasteiger charge is -2.17. The molecule has 9 nitrogen and oxygen atoms in total. The van der Waals surface area contributed by atoms with Crippen molar-refractivity contribution in [3.8, 4) is 0 Å². The summed E-state index contributed by atoms with van der Waals surface area (Å²) in [5.41, 5.74) is -1.24. The number of benzene rings is 2. The van der Waals surface area contributed by atoms with E-state index in [-0.39, 0.29) is 12.2 Å². The lowest BCUT2D eigenvalue weighted by Crippen LogP contribution is -2.37. The maximum Gasteiger partial charge on any atom is 0.339 e. The highest BCUT2D eigenvalue weighted by molar-refractivity contribution is 14.1. The Morgan fingerprint density at radius 3 is 2.55 bits per heavy atom. The van der Waals surface area contributed by atoms with Crippen LogP contribution in [0.15, 0.2) is 46.3 Å². The molecular formula is C21H17F2IN4O5. The Morgan fingerprint density at radius 1 is 1.18 bits per heavy atom. The van der Waals surface area contributed by atoms with E-state index in [0.717, 1.165) is 9.77 Å². The minimum Gasteiger partial charge on any atom is -0.478 e. The topological polar surface area (TPSA) is 129 Å². The molecule has 1 unspecified atom stereocenters. The Morgan fingerprint density at radius 2 is 1.91 bits per heavy atom. The zero-order valence-corrected chi connectivity index (χ0v) is 19.4. The lowest BCUT2D eigenvalue weighted by molar-refractivity contribution is -0.138. The van der Waals surface area contributed by atoms with Crippen LogP contribution in [0.3, 0.4) is 0 Å². The average molecular weight is 570 g/mol. The van der Waals surface area contributed by atoms with E-state index in [1.165, 1.54) is 0 Å². The molecule has 0 fully saturated rings. The second-order valence-corrected chi connectivity index (χ2v) is 8.02. The number of halogens is 3. The van der Waals surface area contributed by atoms with Crippen LogP contribution in [0.1, 0.15) is 33.2 Å².